The number of benzene rings is 1. The van der Waals surface area contributed by atoms with E-state index in [-0.39, 0.29) is 0 Å². The first-order valence-corrected chi connectivity index (χ1v) is 8.07. The van der Waals surface area contributed by atoms with Gasteiger partial charge in [0.2, 0.25) is 0 Å². The Morgan fingerprint density at radius 3 is 2.65 bits per heavy atom. The third-order valence-electron chi connectivity index (χ3n) is 3.22. The molecular weight excluding hydrogens is 320 g/mol. The van der Waals surface area contributed by atoms with Crippen molar-refractivity contribution in [2.24, 2.45) is 0 Å². The molecule has 0 saturated carbocycles. The van der Waals surface area contributed by atoms with Gasteiger partial charge in [0, 0.05) is 7.11 Å². The molecular formula is C16H25BrO3. The number of aliphatic hydroxyl groups excluding tert-OH is 1. The van der Waals surface area contributed by atoms with E-state index in [1.54, 1.807) is 7.11 Å². The second-order valence-electron chi connectivity index (χ2n) is 4.90. The largest absolute Gasteiger partial charge is 0.490 e. The molecule has 1 N–H and O–H groups in total. The molecule has 1 unspecified atom stereocenters. The molecule has 114 valence electrons. The molecule has 0 spiro atoms. The van der Waals surface area contributed by atoms with Crippen molar-refractivity contribution in [3.05, 3.63) is 28.2 Å². The van der Waals surface area contributed by atoms with Gasteiger partial charge in [-0.1, -0.05) is 38.7 Å². The van der Waals surface area contributed by atoms with Crippen LogP contribution in [0.25, 0.3) is 0 Å². The van der Waals surface area contributed by atoms with Gasteiger partial charge < -0.3 is 14.6 Å². The maximum Gasteiger partial charge on any atom is 0.133 e. The first kappa shape index (κ1) is 17.5. The van der Waals surface area contributed by atoms with Crippen molar-refractivity contribution < 1.29 is 14.6 Å². The monoisotopic (exact) mass is 344 g/mol. The summed E-state index contributed by atoms with van der Waals surface area (Å²) in [5.74, 6) is 0.781. The lowest BCUT2D eigenvalue weighted by Gasteiger charge is -2.13. The molecule has 0 saturated heterocycles. The summed E-state index contributed by atoms with van der Waals surface area (Å²) in [6, 6.07) is 5.76. The minimum atomic E-state index is -0.392. The number of aliphatic hydroxyl groups is 1. The average Bonchev–Trinajstić information content (AvgIpc) is 2.45. The zero-order valence-electron chi connectivity index (χ0n) is 12.4. The van der Waals surface area contributed by atoms with Crippen LogP contribution in [0.5, 0.6) is 5.75 Å². The Bertz CT molecular complexity index is 382. The highest BCUT2D eigenvalue weighted by atomic mass is 79.9. The Morgan fingerprint density at radius 1 is 1.20 bits per heavy atom. The molecule has 1 aromatic rings. The SMILES string of the molecule is CCCCCCC(O)c1ccc(OCCOC)c(Br)c1. The standard InChI is InChI=1S/C16H25BrO3/c1-3-4-5-6-7-15(18)13-8-9-16(14(17)12-13)20-11-10-19-2/h8-9,12,15,18H,3-7,10-11H2,1-2H3. The van der Waals surface area contributed by atoms with Crippen LogP contribution in [-0.2, 0) is 4.74 Å². The van der Waals surface area contributed by atoms with E-state index in [2.05, 4.69) is 22.9 Å². The highest BCUT2D eigenvalue weighted by molar-refractivity contribution is 9.10. The zero-order chi connectivity index (χ0) is 14.8. The van der Waals surface area contributed by atoms with Crippen LogP contribution in [0.1, 0.15) is 50.7 Å². The van der Waals surface area contributed by atoms with Gasteiger partial charge in [0.25, 0.3) is 0 Å². The summed E-state index contributed by atoms with van der Waals surface area (Å²) in [4.78, 5) is 0. The van der Waals surface area contributed by atoms with Crippen LogP contribution >= 0.6 is 15.9 Å². The summed E-state index contributed by atoms with van der Waals surface area (Å²) < 4.78 is 11.4. The fourth-order valence-corrected chi connectivity index (χ4v) is 2.52. The van der Waals surface area contributed by atoms with E-state index in [9.17, 15) is 5.11 Å². The first-order chi connectivity index (χ1) is 9.69. The second-order valence-corrected chi connectivity index (χ2v) is 5.75. The number of halogens is 1. The van der Waals surface area contributed by atoms with Crippen LogP contribution < -0.4 is 4.74 Å². The Morgan fingerprint density at radius 2 is 2.00 bits per heavy atom. The van der Waals surface area contributed by atoms with Crippen LogP contribution in [0, 0.1) is 0 Å². The van der Waals surface area contributed by atoms with Crippen LogP contribution in [0.3, 0.4) is 0 Å². The smallest absolute Gasteiger partial charge is 0.133 e. The molecule has 1 aromatic carbocycles. The normalized spacial score (nSPS) is 12.4. The van der Waals surface area contributed by atoms with Gasteiger partial charge in [0.05, 0.1) is 17.2 Å². The van der Waals surface area contributed by atoms with E-state index in [1.165, 1.54) is 19.3 Å². The van der Waals surface area contributed by atoms with Crippen molar-refractivity contribution in [3.8, 4) is 5.75 Å². The van der Waals surface area contributed by atoms with Crippen molar-refractivity contribution in [2.75, 3.05) is 20.3 Å². The predicted molar refractivity (Wildman–Crippen MR) is 85.2 cm³/mol. The van der Waals surface area contributed by atoms with Crippen molar-refractivity contribution in [2.45, 2.75) is 45.1 Å². The Balaban J connectivity index is 2.48. The summed E-state index contributed by atoms with van der Waals surface area (Å²) in [5.41, 5.74) is 0.937. The first-order valence-electron chi connectivity index (χ1n) is 7.28. The molecule has 1 rings (SSSR count). The van der Waals surface area contributed by atoms with Gasteiger partial charge in [-0.25, -0.2) is 0 Å². The molecule has 3 nitrogen and oxygen atoms in total. The molecule has 0 aromatic heterocycles. The fourth-order valence-electron chi connectivity index (χ4n) is 2.01. The highest BCUT2D eigenvalue weighted by Gasteiger charge is 2.10. The molecule has 0 aliphatic heterocycles. The van der Waals surface area contributed by atoms with Crippen molar-refractivity contribution in [3.63, 3.8) is 0 Å². The molecule has 0 fully saturated rings. The third-order valence-corrected chi connectivity index (χ3v) is 3.84. The number of rotatable bonds is 10. The number of hydrogen-bond acceptors (Lipinski definition) is 3. The Kier molecular flexibility index (Phi) is 8.90. The van der Waals surface area contributed by atoms with Crippen molar-refractivity contribution in [1.29, 1.82) is 0 Å². The predicted octanol–water partition coefficient (Wildman–Crippen LogP) is 4.48. The quantitative estimate of drug-likeness (QED) is 0.636. The molecule has 0 radical (unpaired) electrons. The second kappa shape index (κ2) is 10.2. The van der Waals surface area contributed by atoms with Crippen LogP contribution in [0.4, 0.5) is 0 Å². The summed E-state index contributed by atoms with van der Waals surface area (Å²) in [6.07, 6.45) is 5.14. The Labute approximate surface area is 130 Å². The van der Waals surface area contributed by atoms with E-state index in [0.717, 1.165) is 28.6 Å². The molecule has 0 aliphatic rings. The van der Waals surface area contributed by atoms with Crippen LogP contribution in [0.2, 0.25) is 0 Å². The summed E-state index contributed by atoms with van der Waals surface area (Å²) in [7, 11) is 1.65. The Hall–Kier alpha value is -0.580. The topological polar surface area (TPSA) is 38.7 Å². The van der Waals surface area contributed by atoms with E-state index >= 15 is 0 Å². The lowest BCUT2D eigenvalue weighted by atomic mass is 10.0. The van der Waals surface area contributed by atoms with E-state index < -0.39 is 6.10 Å². The molecule has 0 heterocycles. The minimum Gasteiger partial charge on any atom is -0.490 e. The molecule has 4 heteroatoms. The number of unbranched alkanes of at least 4 members (excludes halogenated alkanes) is 3. The average molecular weight is 345 g/mol. The number of methoxy groups -OCH3 is 1. The van der Waals surface area contributed by atoms with E-state index in [4.69, 9.17) is 9.47 Å². The van der Waals surface area contributed by atoms with Gasteiger partial charge in [0.1, 0.15) is 12.4 Å². The maximum absolute atomic E-state index is 10.2. The number of hydrogen-bond donors (Lipinski definition) is 1. The van der Waals surface area contributed by atoms with E-state index in [1.807, 2.05) is 18.2 Å². The van der Waals surface area contributed by atoms with Gasteiger partial charge in [-0.2, -0.15) is 0 Å². The third kappa shape index (κ3) is 6.25. The number of ether oxygens (including phenoxy) is 2. The van der Waals surface area contributed by atoms with E-state index in [0.29, 0.717) is 13.2 Å². The summed E-state index contributed by atoms with van der Waals surface area (Å²) in [5, 5.41) is 10.2. The van der Waals surface area contributed by atoms with Crippen molar-refractivity contribution >= 4 is 15.9 Å². The lowest BCUT2D eigenvalue weighted by Crippen LogP contribution is -2.05. The van der Waals surface area contributed by atoms with Gasteiger partial charge >= 0.3 is 0 Å². The molecule has 0 amide bonds. The molecule has 0 aliphatic carbocycles. The van der Waals surface area contributed by atoms with Crippen LogP contribution in [0.15, 0.2) is 22.7 Å². The molecule has 20 heavy (non-hydrogen) atoms. The van der Waals surface area contributed by atoms with Crippen molar-refractivity contribution in [1.82, 2.24) is 0 Å². The fraction of sp³-hybridized carbons (Fsp3) is 0.625. The summed E-state index contributed by atoms with van der Waals surface area (Å²) >= 11 is 3.48. The van der Waals surface area contributed by atoms with Gasteiger partial charge in [0.15, 0.2) is 0 Å². The zero-order valence-corrected chi connectivity index (χ0v) is 14.0. The maximum atomic E-state index is 10.2. The molecule has 1 atom stereocenters. The van der Waals surface area contributed by atoms with Crippen LogP contribution in [-0.4, -0.2) is 25.4 Å². The van der Waals surface area contributed by atoms with Gasteiger partial charge in [-0.15, -0.1) is 0 Å². The highest BCUT2D eigenvalue weighted by Crippen LogP contribution is 2.30. The van der Waals surface area contributed by atoms with Gasteiger partial charge in [-0.05, 0) is 40.0 Å². The van der Waals surface area contributed by atoms with Gasteiger partial charge in [-0.3, -0.25) is 0 Å². The lowest BCUT2D eigenvalue weighted by molar-refractivity contribution is 0.145. The minimum absolute atomic E-state index is 0.392. The summed E-state index contributed by atoms with van der Waals surface area (Å²) in [6.45, 7) is 3.28. The molecule has 0 bridgehead atoms.